The Morgan fingerprint density at radius 3 is 2.89 bits per heavy atom. The second kappa shape index (κ2) is 6.68. The molecule has 3 N–H and O–H groups in total. The van der Waals surface area contributed by atoms with Crippen molar-refractivity contribution in [2.24, 2.45) is 0 Å². The van der Waals surface area contributed by atoms with E-state index in [-0.39, 0.29) is 6.10 Å². The first-order valence-electron chi connectivity index (χ1n) is 6.82. The van der Waals surface area contributed by atoms with Crippen LogP contribution in [0.2, 0.25) is 0 Å². The van der Waals surface area contributed by atoms with Crippen molar-refractivity contribution in [2.45, 2.75) is 32.9 Å². The highest BCUT2D eigenvalue weighted by Crippen LogP contribution is 2.12. The van der Waals surface area contributed by atoms with E-state index >= 15 is 0 Å². The predicted molar refractivity (Wildman–Crippen MR) is 76.6 cm³/mol. The van der Waals surface area contributed by atoms with Crippen LogP contribution in [0.1, 0.15) is 19.7 Å². The van der Waals surface area contributed by atoms with Crippen molar-refractivity contribution in [3.05, 3.63) is 11.9 Å². The molecular formula is C13H23N5O. The standard InChI is InChI=1S/C13H23N5O/c1-9(2)16-13-6-12(17-10(3)18-13)15-8-11-7-14-4-5-19-11/h6,9,11,14H,4-5,7-8H2,1-3H3,(H2,15,16,17,18). The summed E-state index contributed by atoms with van der Waals surface area (Å²) in [5, 5.41) is 9.91. The number of ether oxygens (including phenoxy) is 1. The summed E-state index contributed by atoms with van der Waals surface area (Å²) in [5.41, 5.74) is 0. The number of anilines is 2. The Kier molecular flexibility index (Phi) is 4.93. The minimum Gasteiger partial charge on any atom is -0.374 e. The number of aromatic nitrogens is 2. The van der Waals surface area contributed by atoms with Crippen molar-refractivity contribution in [3.8, 4) is 0 Å². The molecule has 2 heterocycles. The maximum Gasteiger partial charge on any atom is 0.131 e. The Labute approximate surface area is 114 Å². The molecule has 6 heteroatoms. The predicted octanol–water partition coefficient (Wildman–Crippen LogP) is 1.01. The molecule has 1 aromatic heterocycles. The van der Waals surface area contributed by atoms with Gasteiger partial charge < -0.3 is 20.7 Å². The van der Waals surface area contributed by atoms with E-state index in [0.29, 0.717) is 6.04 Å². The summed E-state index contributed by atoms with van der Waals surface area (Å²) in [4.78, 5) is 8.75. The molecule has 1 fully saturated rings. The Balaban J connectivity index is 1.93. The third-order valence-corrected chi connectivity index (χ3v) is 2.79. The number of hydrogen-bond acceptors (Lipinski definition) is 6. The van der Waals surface area contributed by atoms with E-state index in [1.165, 1.54) is 0 Å². The van der Waals surface area contributed by atoms with E-state index in [2.05, 4.69) is 39.8 Å². The van der Waals surface area contributed by atoms with Crippen LogP contribution in [-0.4, -0.2) is 48.4 Å². The van der Waals surface area contributed by atoms with Crippen LogP contribution >= 0.6 is 0 Å². The van der Waals surface area contributed by atoms with Gasteiger partial charge in [0.2, 0.25) is 0 Å². The first kappa shape index (κ1) is 14.0. The lowest BCUT2D eigenvalue weighted by Crippen LogP contribution is -2.42. The van der Waals surface area contributed by atoms with Crippen molar-refractivity contribution in [1.29, 1.82) is 0 Å². The van der Waals surface area contributed by atoms with Crippen LogP contribution in [-0.2, 0) is 4.74 Å². The van der Waals surface area contributed by atoms with Gasteiger partial charge in [-0.3, -0.25) is 0 Å². The van der Waals surface area contributed by atoms with Gasteiger partial charge in [-0.05, 0) is 20.8 Å². The fourth-order valence-corrected chi connectivity index (χ4v) is 2.00. The summed E-state index contributed by atoms with van der Waals surface area (Å²) in [6.45, 7) is 9.42. The van der Waals surface area contributed by atoms with Crippen LogP contribution in [0.3, 0.4) is 0 Å². The highest BCUT2D eigenvalue weighted by Gasteiger charge is 2.13. The van der Waals surface area contributed by atoms with Crippen LogP contribution in [0.25, 0.3) is 0 Å². The molecule has 0 radical (unpaired) electrons. The Morgan fingerprint density at radius 1 is 1.42 bits per heavy atom. The molecule has 0 spiro atoms. The Hall–Kier alpha value is -1.40. The van der Waals surface area contributed by atoms with E-state index in [9.17, 15) is 0 Å². The first-order chi connectivity index (χ1) is 9.13. The van der Waals surface area contributed by atoms with Gasteiger partial charge in [0.1, 0.15) is 17.5 Å². The molecule has 0 saturated carbocycles. The van der Waals surface area contributed by atoms with E-state index in [4.69, 9.17) is 4.74 Å². The number of aryl methyl sites for hydroxylation is 1. The van der Waals surface area contributed by atoms with Crippen LogP contribution in [0, 0.1) is 6.92 Å². The molecule has 106 valence electrons. The van der Waals surface area contributed by atoms with E-state index < -0.39 is 0 Å². The SMILES string of the molecule is Cc1nc(NCC2CNCCO2)cc(NC(C)C)n1. The van der Waals surface area contributed by atoms with Gasteiger partial charge in [-0.25, -0.2) is 9.97 Å². The van der Waals surface area contributed by atoms with Crippen LogP contribution in [0.5, 0.6) is 0 Å². The van der Waals surface area contributed by atoms with Crippen LogP contribution in [0.15, 0.2) is 6.07 Å². The Morgan fingerprint density at radius 2 is 2.21 bits per heavy atom. The van der Waals surface area contributed by atoms with Crippen molar-refractivity contribution in [2.75, 3.05) is 36.9 Å². The smallest absolute Gasteiger partial charge is 0.131 e. The summed E-state index contributed by atoms with van der Waals surface area (Å²) in [6.07, 6.45) is 0.200. The first-order valence-corrected chi connectivity index (χ1v) is 6.82. The molecule has 1 unspecified atom stereocenters. The molecule has 1 atom stereocenters. The maximum atomic E-state index is 5.64. The highest BCUT2D eigenvalue weighted by molar-refractivity contribution is 5.47. The maximum absolute atomic E-state index is 5.64. The van der Waals surface area contributed by atoms with Gasteiger partial charge in [0.15, 0.2) is 0 Å². The lowest BCUT2D eigenvalue weighted by molar-refractivity contribution is 0.0372. The number of nitrogens with zero attached hydrogens (tertiary/aromatic N) is 2. The third-order valence-electron chi connectivity index (χ3n) is 2.79. The molecule has 19 heavy (non-hydrogen) atoms. The van der Waals surface area contributed by atoms with Crippen molar-refractivity contribution >= 4 is 11.6 Å². The lowest BCUT2D eigenvalue weighted by Gasteiger charge is -2.24. The summed E-state index contributed by atoms with van der Waals surface area (Å²) in [6, 6.07) is 2.29. The molecule has 0 amide bonds. The molecule has 6 nitrogen and oxygen atoms in total. The average Bonchev–Trinajstić information content (AvgIpc) is 2.36. The monoisotopic (exact) mass is 265 g/mol. The summed E-state index contributed by atoms with van der Waals surface area (Å²) in [7, 11) is 0. The second-order valence-electron chi connectivity index (χ2n) is 5.06. The molecule has 1 aliphatic rings. The van der Waals surface area contributed by atoms with Crippen molar-refractivity contribution in [1.82, 2.24) is 15.3 Å². The molecule has 2 rings (SSSR count). The van der Waals surface area contributed by atoms with Gasteiger partial charge >= 0.3 is 0 Å². The Bertz CT molecular complexity index is 404. The summed E-state index contributed by atoms with van der Waals surface area (Å²) in [5.74, 6) is 2.45. The van der Waals surface area contributed by atoms with Gasteiger partial charge in [0.25, 0.3) is 0 Å². The second-order valence-corrected chi connectivity index (χ2v) is 5.06. The zero-order valence-electron chi connectivity index (χ0n) is 11.9. The number of hydrogen-bond donors (Lipinski definition) is 3. The number of morpholine rings is 1. The van der Waals surface area contributed by atoms with Crippen molar-refractivity contribution in [3.63, 3.8) is 0 Å². The quantitative estimate of drug-likeness (QED) is 0.738. The molecule has 0 bridgehead atoms. The van der Waals surface area contributed by atoms with Gasteiger partial charge in [0, 0.05) is 31.7 Å². The number of rotatable bonds is 5. The molecule has 1 aliphatic heterocycles. The fourth-order valence-electron chi connectivity index (χ4n) is 2.00. The van der Waals surface area contributed by atoms with E-state index in [1.54, 1.807) is 0 Å². The average molecular weight is 265 g/mol. The molecule has 0 aliphatic carbocycles. The molecule has 1 aromatic rings. The third kappa shape index (κ3) is 4.65. The topological polar surface area (TPSA) is 71.1 Å². The minimum absolute atomic E-state index is 0.200. The zero-order chi connectivity index (χ0) is 13.7. The van der Waals surface area contributed by atoms with E-state index in [0.717, 1.165) is 43.7 Å². The molecular weight excluding hydrogens is 242 g/mol. The fraction of sp³-hybridized carbons (Fsp3) is 0.692. The largest absolute Gasteiger partial charge is 0.374 e. The normalized spacial score (nSPS) is 19.5. The highest BCUT2D eigenvalue weighted by atomic mass is 16.5. The zero-order valence-corrected chi connectivity index (χ0v) is 11.9. The van der Waals surface area contributed by atoms with Crippen LogP contribution < -0.4 is 16.0 Å². The molecule has 0 aromatic carbocycles. The van der Waals surface area contributed by atoms with Crippen LogP contribution in [0.4, 0.5) is 11.6 Å². The van der Waals surface area contributed by atoms with Gasteiger partial charge in [-0.15, -0.1) is 0 Å². The van der Waals surface area contributed by atoms with Gasteiger partial charge in [0.05, 0.1) is 12.7 Å². The molecule has 1 saturated heterocycles. The lowest BCUT2D eigenvalue weighted by atomic mass is 10.3. The minimum atomic E-state index is 0.200. The summed E-state index contributed by atoms with van der Waals surface area (Å²) >= 11 is 0. The van der Waals surface area contributed by atoms with E-state index in [1.807, 2.05) is 13.0 Å². The summed E-state index contributed by atoms with van der Waals surface area (Å²) < 4.78 is 5.64. The number of nitrogens with one attached hydrogen (secondary N) is 3. The van der Waals surface area contributed by atoms with Gasteiger partial charge in [-0.2, -0.15) is 0 Å². The van der Waals surface area contributed by atoms with Crippen molar-refractivity contribution < 1.29 is 4.74 Å². The van der Waals surface area contributed by atoms with Gasteiger partial charge in [-0.1, -0.05) is 0 Å².